The summed E-state index contributed by atoms with van der Waals surface area (Å²) in [6.45, 7) is 4.79. The van der Waals surface area contributed by atoms with Crippen LogP contribution in [0.15, 0.2) is 17.2 Å². The zero-order chi connectivity index (χ0) is 13.2. The number of hydrogen-bond donors (Lipinski definition) is 1. The van der Waals surface area contributed by atoms with Crippen molar-refractivity contribution >= 4 is 10.0 Å². The molecule has 2 rings (SSSR count). The smallest absolute Gasteiger partial charge is 0.244 e. The number of nitrogens with zero attached hydrogens (tertiary/aromatic N) is 2. The van der Waals surface area contributed by atoms with Crippen LogP contribution in [0.5, 0.6) is 0 Å². The van der Waals surface area contributed by atoms with Crippen molar-refractivity contribution < 1.29 is 8.42 Å². The van der Waals surface area contributed by atoms with Crippen LogP contribution in [0.3, 0.4) is 0 Å². The maximum absolute atomic E-state index is 12.4. The van der Waals surface area contributed by atoms with Crippen LogP contribution in [0.1, 0.15) is 25.5 Å². The number of nitrogens with one attached hydrogen (secondary N) is 1. The first-order chi connectivity index (χ1) is 8.59. The van der Waals surface area contributed by atoms with E-state index < -0.39 is 10.0 Å². The van der Waals surface area contributed by atoms with Gasteiger partial charge < -0.3 is 9.88 Å². The third-order valence-electron chi connectivity index (χ3n) is 3.36. The van der Waals surface area contributed by atoms with Crippen molar-refractivity contribution in [3.8, 4) is 0 Å². The second-order valence-corrected chi connectivity index (χ2v) is 6.53. The summed E-state index contributed by atoms with van der Waals surface area (Å²) >= 11 is 0. The average Bonchev–Trinajstić information content (AvgIpc) is 2.98. The fourth-order valence-corrected chi connectivity index (χ4v) is 3.95. The molecule has 2 heterocycles. The highest BCUT2D eigenvalue weighted by atomic mass is 32.2. The summed E-state index contributed by atoms with van der Waals surface area (Å²) < 4.78 is 28.4. The molecule has 0 aliphatic carbocycles. The molecular formula is C12H21N3O2S. The highest BCUT2D eigenvalue weighted by Crippen LogP contribution is 2.22. The topological polar surface area (TPSA) is 54.3 Å². The van der Waals surface area contributed by atoms with E-state index in [2.05, 4.69) is 5.32 Å². The summed E-state index contributed by atoms with van der Waals surface area (Å²) in [5, 5.41) is 3.06. The zero-order valence-corrected chi connectivity index (χ0v) is 11.8. The highest BCUT2D eigenvalue weighted by Gasteiger charge is 2.28. The van der Waals surface area contributed by atoms with E-state index >= 15 is 0 Å². The van der Waals surface area contributed by atoms with Crippen molar-refractivity contribution in [2.45, 2.75) is 37.8 Å². The average molecular weight is 271 g/mol. The van der Waals surface area contributed by atoms with Gasteiger partial charge in [-0.15, -0.1) is 0 Å². The number of hydrogen-bond acceptors (Lipinski definition) is 3. The van der Waals surface area contributed by atoms with E-state index in [0.29, 0.717) is 24.5 Å². The summed E-state index contributed by atoms with van der Waals surface area (Å²) in [5.74, 6) is 0. The molecule has 0 radical (unpaired) electrons. The Labute approximate surface area is 109 Å². The van der Waals surface area contributed by atoms with Crippen LogP contribution in [0.25, 0.3) is 0 Å². The molecule has 0 atom stereocenters. The molecule has 1 fully saturated rings. The molecule has 0 saturated carbocycles. The van der Waals surface area contributed by atoms with Gasteiger partial charge >= 0.3 is 0 Å². The van der Waals surface area contributed by atoms with Gasteiger partial charge in [-0.1, -0.05) is 0 Å². The van der Waals surface area contributed by atoms with E-state index in [4.69, 9.17) is 0 Å². The lowest BCUT2D eigenvalue weighted by Gasteiger charge is -2.13. The molecule has 1 aromatic heterocycles. The summed E-state index contributed by atoms with van der Waals surface area (Å²) in [4.78, 5) is 0.427. The monoisotopic (exact) mass is 271 g/mol. The maximum atomic E-state index is 12.4. The lowest BCUT2D eigenvalue weighted by atomic mass is 10.4. The van der Waals surface area contributed by atoms with E-state index in [1.165, 1.54) is 0 Å². The van der Waals surface area contributed by atoms with Crippen LogP contribution in [0.4, 0.5) is 0 Å². The largest absolute Gasteiger partial charge is 0.349 e. The first kappa shape index (κ1) is 13.6. The molecule has 0 amide bonds. The molecule has 102 valence electrons. The first-order valence-corrected chi connectivity index (χ1v) is 7.87. The Morgan fingerprint density at radius 2 is 2.00 bits per heavy atom. The van der Waals surface area contributed by atoms with Gasteiger partial charge in [0.1, 0.15) is 4.90 Å². The zero-order valence-electron chi connectivity index (χ0n) is 11.0. The van der Waals surface area contributed by atoms with Crippen molar-refractivity contribution in [2.24, 2.45) is 0 Å². The van der Waals surface area contributed by atoms with Crippen molar-refractivity contribution in [3.05, 3.63) is 18.0 Å². The van der Waals surface area contributed by atoms with E-state index in [0.717, 1.165) is 25.1 Å². The second kappa shape index (κ2) is 5.42. The molecule has 0 bridgehead atoms. The summed E-state index contributed by atoms with van der Waals surface area (Å²) in [6.07, 6.45) is 3.69. The van der Waals surface area contributed by atoms with Crippen LogP contribution >= 0.6 is 0 Å². The Bertz CT molecular complexity index is 501. The lowest BCUT2D eigenvalue weighted by Crippen LogP contribution is -2.27. The van der Waals surface area contributed by atoms with Gasteiger partial charge in [0, 0.05) is 38.1 Å². The van der Waals surface area contributed by atoms with E-state index in [1.807, 2.05) is 18.5 Å². The second-order valence-electron chi connectivity index (χ2n) is 4.59. The van der Waals surface area contributed by atoms with Gasteiger partial charge in [-0.25, -0.2) is 8.42 Å². The van der Waals surface area contributed by atoms with Crippen molar-refractivity contribution in [2.75, 3.05) is 20.1 Å². The fraction of sp³-hybridized carbons (Fsp3) is 0.667. The molecule has 1 aliphatic rings. The summed E-state index contributed by atoms with van der Waals surface area (Å²) in [7, 11) is -1.42. The molecule has 0 unspecified atom stereocenters. The molecule has 1 aromatic rings. The molecule has 18 heavy (non-hydrogen) atoms. The van der Waals surface area contributed by atoms with Crippen molar-refractivity contribution in [1.82, 2.24) is 14.2 Å². The predicted octanol–water partition coefficient (Wildman–Crippen LogP) is 1.01. The lowest BCUT2D eigenvalue weighted by molar-refractivity contribution is 0.477. The van der Waals surface area contributed by atoms with Gasteiger partial charge in [0.05, 0.1) is 0 Å². The minimum Gasteiger partial charge on any atom is -0.349 e. The van der Waals surface area contributed by atoms with Gasteiger partial charge in [-0.2, -0.15) is 4.31 Å². The Balaban J connectivity index is 2.32. The maximum Gasteiger partial charge on any atom is 0.244 e. The number of aromatic nitrogens is 1. The molecule has 1 N–H and O–H groups in total. The highest BCUT2D eigenvalue weighted by molar-refractivity contribution is 7.89. The predicted molar refractivity (Wildman–Crippen MR) is 70.9 cm³/mol. The van der Waals surface area contributed by atoms with E-state index in [1.54, 1.807) is 16.6 Å². The van der Waals surface area contributed by atoms with Gasteiger partial charge in [0.15, 0.2) is 0 Å². The standard InChI is InChI=1S/C12H21N3O2S/c1-3-14-10-12(8-11(14)9-13-2)18(16,17)15-6-4-5-7-15/h8,10,13H,3-7,9H2,1-2H3. The minimum atomic E-state index is -3.28. The fourth-order valence-electron chi connectivity index (χ4n) is 2.37. The Hall–Kier alpha value is -0.850. The Morgan fingerprint density at radius 3 is 2.56 bits per heavy atom. The third kappa shape index (κ3) is 2.46. The normalized spacial score (nSPS) is 17.4. The Kier molecular flexibility index (Phi) is 4.09. The quantitative estimate of drug-likeness (QED) is 0.869. The third-order valence-corrected chi connectivity index (χ3v) is 5.23. The molecule has 0 aromatic carbocycles. The van der Waals surface area contributed by atoms with E-state index in [9.17, 15) is 8.42 Å². The van der Waals surface area contributed by atoms with Crippen LogP contribution < -0.4 is 5.32 Å². The number of rotatable bonds is 5. The van der Waals surface area contributed by atoms with Crippen LogP contribution in [0, 0.1) is 0 Å². The molecule has 0 spiro atoms. The summed E-state index contributed by atoms with van der Waals surface area (Å²) in [6, 6.07) is 1.79. The number of aryl methyl sites for hydroxylation is 1. The molecule has 5 nitrogen and oxygen atoms in total. The Morgan fingerprint density at radius 1 is 1.33 bits per heavy atom. The van der Waals surface area contributed by atoms with Crippen molar-refractivity contribution in [1.29, 1.82) is 0 Å². The van der Waals surface area contributed by atoms with Crippen LogP contribution in [0.2, 0.25) is 0 Å². The van der Waals surface area contributed by atoms with Crippen molar-refractivity contribution in [3.63, 3.8) is 0 Å². The number of sulfonamides is 1. The van der Waals surface area contributed by atoms with Gasteiger partial charge in [0.2, 0.25) is 10.0 Å². The molecule has 6 heteroatoms. The molecule has 1 aliphatic heterocycles. The molecular weight excluding hydrogens is 250 g/mol. The molecule has 1 saturated heterocycles. The minimum absolute atomic E-state index is 0.427. The first-order valence-electron chi connectivity index (χ1n) is 6.43. The SMILES string of the molecule is CCn1cc(S(=O)(=O)N2CCCC2)cc1CNC. The van der Waals surface area contributed by atoms with Crippen LogP contribution in [-0.2, 0) is 23.1 Å². The van der Waals surface area contributed by atoms with Crippen LogP contribution in [-0.4, -0.2) is 37.4 Å². The van der Waals surface area contributed by atoms with Gasteiger partial charge in [-0.05, 0) is 32.9 Å². The summed E-state index contributed by atoms with van der Waals surface area (Å²) in [5.41, 5.74) is 1.01. The van der Waals surface area contributed by atoms with Gasteiger partial charge in [-0.3, -0.25) is 0 Å². The van der Waals surface area contributed by atoms with Gasteiger partial charge in [0.25, 0.3) is 0 Å². The van der Waals surface area contributed by atoms with E-state index in [-0.39, 0.29) is 0 Å².